The van der Waals surface area contributed by atoms with E-state index in [4.69, 9.17) is 9.47 Å². The SMILES string of the molecule is COc1ccc(C(=O)NCc2cccc(C(=O)Nc3ncc(CN(C)C)s3)c2)cc1OC. The molecule has 32 heavy (non-hydrogen) atoms. The van der Waals surface area contributed by atoms with E-state index in [0.717, 1.165) is 17.0 Å². The molecule has 0 aliphatic carbocycles. The topological polar surface area (TPSA) is 92.8 Å². The fourth-order valence-electron chi connectivity index (χ4n) is 3.00. The van der Waals surface area contributed by atoms with Gasteiger partial charge in [0.2, 0.25) is 0 Å². The van der Waals surface area contributed by atoms with Gasteiger partial charge < -0.3 is 19.7 Å². The number of rotatable bonds is 9. The second-order valence-corrected chi connectivity index (χ2v) is 8.39. The molecular weight excluding hydrogens is 428 g/mol. The maximum Gasteiger partial charge on any atom is 0.257 e. The van der Waals surface area contributed by atoms with Gasteiger partial charge in [0.25, 0.3) is 11.8 Å². The Bertz CT molecular complexity index is 1100. The molecule has 0 aliphatic heterocycles. The molecule has 2 aromatic carbocycles. The maximum atomic E-state index is 12.6. The lowest BCUT2D eigenvalue weighted by molar-refractivity contribution is 0.0950. The summed E-state index contributed by atoms with van der Waals surface area (Å²) in [6, 6.07) is 12.1. The van der Waals surface area contributed by atoms with Crippen molar-refractivity contribution in [2.45, 2.75) is 13.1 Å². The van der Waals surface area contributed by atoms with E-state index in [-0.39, 0.29) is 18.4 Å². The van der Waals surface area contributed by atoms with Crippen LogP contribution in [0.1, 0.15) is 31.2 Å². The van der Waals surface area contributed by atoms with Crippen molar-refractivity contribution >= 4 is 28.3 Å². The molecule has 0 saturated heterocycles. The zero-order chi connectivity index (χ0) is 23.1. The Kier molecular flexibility index (Phi) is 7.80. The number of amides is 2. The number of aromatic nitrogens is 1. The zero-order valence-electron chi connectivity index (χ0n) is 18.5. The molecule has 0 saturated carbocycles. The molecular formula is C23H26N4O4S. The smallest absolute Gasteiger partial charge is 0.257 e. The Balaban J connectivity index is 1.61. The molecule has 1 aromatic heterocycles. The van der Waals surface area contributed by atoms with Gasteiger partial charge in [0.1, 0.15) is 0 Å². The van der Waals surface area contributed by atoms with Crippen LogP contribution in [-0.2, 0) is 13.1 Å². The first-order valence-electron chi connectivity index (χ1n) is 9.89. The summed E-state index contributed by atoms with van der Waals surface area (Å²) in [6.45, 7) is 1.04. The van der Waals surface area contributed by atoms with Crippen molar-refractivity contribution in [2.75, 3.05) is 33.6 Å². The minimum atomic E-state index is -0.253. The second kappa shape index (κ2) is 10.7. The molecule has 1 heterocycles. The van der Waals surface area contributed by atoms with Gasteiger partial charge in [-0.05, 0) is 50.0 Å². The average molecular weight is 455 g/mol. The number of methoxy groups -OCH3 is 2. The summed E-state index contributed by atoms with van der Waals surface area (Å²) < 4.78 is 10.4. The first-order chi connectivity index (χ1) is 15.4. The molecule has 9 heteroatoms. The number of carbonyl (C=O) groups excluding carboxylic acids is 2. The van der Waals surface area contributed by atoms with E-state index in [0.29, 0.717) is 27.8 Å². The van der Waals surface area contributed by atoms with Gasteiger partial charge in [-0.2, -0.15) is 0 Å². The number of hydrogen-bond donors (Lipinski definition) is 2. The van der Waals surface area contributed by atoms with Gasteiger partial charge in [0.05, 0.1) is 14.2 Å². The molecule has 0 aliphatic rings. The van der Waals surface area contributed by atoms with E-state index in [1.54, 1.807) is 42.6 Å². The minimum absolute atomic E-state index is 0.246. The molecule has 3 aromatic rings. The summed E-state index contributed by atoms with van der Waals surface area (Å²) in [4.78, 5) is 32.5. The highest BCUT2D eigenvalue weighted by atomic mass is 32.1. The fourth-order valence-corrected chi connectivity index (χ4v) is 3.93. The lowest BCUT2D eigenvalue weighted by atomic mass is 10.1. The van der Waals surface area contributed by atoms with Crippen molar-refractivity contribution in [2.24, 2.45) is 0 Å². The van der Waals surface area contributed by atoms with Crippen LogP contribution in [0.15, 0.2) is 48.7 Å². The average Bonchev–Trinajstić information content (AvgIpc) is 3.22. The van der Waals surface area contributed by atoms with Crippen LogP contribution in [0.4, 0.5) is 5.13 Å². The summed E-state index contributed by atoms with van der Waals surface area (Å²) in [5.74, 6) is 0.535. The summed E-state index contributed by atoms with van der Waals surface area (Å²) in [6.07, 6.45) is 1.76. The van der Waals surface area contributed by atoms with Crippen LogP contribution in [0.3, 0.4) is 0 Å². The van der Waals surface area contributed by atoms with Gasteiger partial charge in [-0.15, -0.1) is 11.3 Å². The van der Waals surface area contributed by atoms with Crippen molar-refractivity contribution in [1.29, 1.82) is 0 Å². The Morgan fingerprint density at radius 3 is 2.47 bits per heavy atom. The number of anilines is 1. The third-order valence-corrected chi connectivity index (χ3v) is 5.43. The fraction of sp³-hybridized carbons (Fsp3) is 0.261. The Labute approximate surface area is 191 Å². The number of thiazole rings is 1. The van der Waals surface area contributed by atoms with E-state index >= 15 is 0 Å². The molecule has 8 nitrogen and oxygen atoms in total. The second-order valence-electron chi connectivity index (χ2n) is 7.28. The van der Waals surface area contributed by atoms with E-state index < -0.39 is 0 Å². The van der Waals surface area contributed by atoms with Crippen LogP contribution in [0.25, 0.3) is 0 Å². The van der Waals surface area contributed by atoms with Crippen LogP contribution in [0, 0.1) is 0 Å². The third-order valence-electron chi connectivity index (χ3n) is 4.53. The van der Waals surface area contributed by atoms with E-state index in [1.807, 2.05) is 25.1 Å². The Morgan fingerprint density at radius 2 is 1.75 bits per heavy atom. The van der Waals surface area contributed by atoms with E-state index in [1.165, 1.54) is 25.6 Å². The van der Waals surface area contributed by atoms with Crippen molar-refractivity contribution in [1.82, 2.24) is 15.2 Å². The number of ether oxygens (including phenoxy) is 2. The van der Waals surface area contributed by atoms with Gasteiger partial charge >= 0.3 is 0 Å². The molecule has 2 amide bonds. The highest BCUT2D eigenvalue weighted by molar-refractivity contribution is 7.15. The monoisotopic (exact) mass is 454 g/mol. The quantitative estimate of drug-likeness (QED) is 0.515. The molecule has 3 rings (SSSR count). The largest absolute Gasteiger partial charge is 0.493 e. The maximum absolute atomic E-state index is 12.6. The molecule has 0 atom stereocenters. The van der Waals surface area contributed by atoms with Crippen molar-refractivity contribution < 1.29 is 19.1 Å². The summed E-state index contributed by atoms with van der Waals surface area (Å²) >= 11 is 1.44. The Morgan fingerprint density at radius 1 is 1.00 bits per heavy atom. The molecule has 0 unspecified atom stereocenters. The van der Waals surface area contributed by atoms with Crippen molar-refractivity contribution in [3.05, 3.63) is 70.2 Å². The molecule has 0 fully saturated rings. The van der Waals surface area contributed by atoms with Crippen LogP contribution >= 0.6 is 11.3 Å². The summed E-state index contributed by atoms with van der Waals surface area (Å²) in [5, 5.41) is 6.24. The lowest BCUT2D eigenvalue weighted by Gasteiger charge is -2.10. The molecule has 2 N–H and O–H groups in total. The number of nitrogens with zero attached hydrogens (tertiary/aromatic N) is 2. The number of nitrogens with one attached hydrogen (secondary N) is 2. The van der Waals surface area contributed by atoms with Crippen LogP contribution in [0.5, 0.6) is 11.5 Å². The van der Waals surface area contributed by atoms with E-state index in [9.17, 15) is 9.59 Å². The van der Waals surface area contributed by atoms with Crippen LogP contribution in [0.2, 0.25) is 0 Å². The first kappa shape index (κ1) is 23.2. The first-order valence-corrected chi connectivity index (χ1v) is 10.7. The zero-order valence-corrected chi connectivity index (χ0v) is 19.3. The van der Waals surface area contributed by atoms with Crippen LogP contribution in [-0.4, -0.2) is 50.0 Å². The molecule has 0 spiro atoms. The van der Waals surface area contributed by atoms with E-state index in [2.05, 4.69) is 15.6 Å². The lowest BCUT2D eigenvalue weighted by Crippen LogP contribution is -2.23. The molecule has 0 radical (unpaired) electrons. The standard InChI is InChI=1S/C23H26N4O4S/c1-27(2)14-18-13-25-23(32-18)26-22(29)16-7-5-6-15(10-16)12-24-21(28)17-8-9-19(30-3)20(11-17)31-4/h5-11,13H,12,14H2,1-4H3,(H,24,28)(H,25,26,29). The van der Waals surface area contributed by atoms with Gasteiger partial charge in [0, 0.05) is 35.3 Å². The Hall–Kier alpha value is -3.43. The van der Waals surface area contributed by atoms with Crippen LogP contribution < -0.4 is 20.1 Å². The van der Waals surface area contributed by atoms with Gasteiger partial charge in [-0.25, -0.2) is 4.98 Å². The number of benzene rings is 2. The van der Waals surface area contributed by atoms with Crippen molar-refractivity contribution in [3.8, 4) is 11.5 Å². The van der Waals surface area contributed by atoms with Crippen molar-refractivity contribution in [3.63, 3.8) is 0 Å². The number of hydrogen-bond acceptors (Lipinski definition) is 7. The normalized spacial score (nSPS) is 10.7. The summed E-state index contributed by atoms with van der Waals surface area (Å²) in [7, 11) is 7.02. The predicted octanol–water partition coefficient (Wildman–Crippen LogP) is 3.40. The molecule has 168 valence electrons. The highest BCUT2D eigenvalue weighted by Gasteiger charge is 2.13. The third kappa shape index (κ3) is 6.05. The number of carbonyl (C=O) groups is 2. The minimum Gasteiger partial charge on any atom is -0.493 e. The highest BCUT2D eigenvalue weighted by Crippen LogP contribution is 2.27. The van der Waals surface area contributed by atoms with Gasteiger partial charge in [0.15, 0.2) is 16.6 Å². The van der Waals surface area contributed by atoms with Gasteiger partial charge in [-0.1, -0.05) is 12.1 Å². The summed E-state index contributed by atoms with van der Waals surface area (Å²) in [5.41, 5.74) is 1.75. The van der Waals surface area contributed by atoms with Gasteiger partial charge in [-0.3, -0.25) is 14.9 Å². The predicted molar refractivity (Wildman–Crippen MR) is 125 cm³/mol. The molecule has 0 bridgehead atoms.